The lowest BCUT2D eigenvalue weighted by Gasteiger charge is -2.15. The van der Waals surface area contributed by atoms with Crippen molar-refractivity contribution < 1.29 is 15.0 Å². The summed E-state index contributed by atoms with van der Waals surface area (Å²) >= 11 is 5.25. The molecule has 4 rings (SSSR count). The molecule has 31 heavy (non-hydrogen) atoms. The van der Waals surface area contributed by atoms with E-state index < -0.39 is 5.97 Å². The molecule has 5 nitrogen and oxygen atoms in total. The Morgan fingerprint density at radius 3 is 2.58 bits per heavy atom. The van der Waals surface area contributed by atoms with Crippen LogP contribution in [0.4, 0.5) is 0 Å². The number of carboxylic acid groups (broad SMARTS) is 1. The zero-order chi connectivity index (χ0) is 22.1. The highest BCUT2D eigenvalue weighted by molar-refractivity contribution is 9.10. The summed E-state index contributed by atoms with van der Waals surface area (Å²) in [5.74, 6) is 0.762. The number of halogens is 1. The van der Waals surface area contributed by atoms with E-state index in [0.29, 0.717) is 39.3 Å². The first-order valence-corrected chi connectivity index (χ1v) is 12.4. The molecule has 2 N–H and O–H groups in total. The summed E-state index contributed by atoms with van der Waals surface area (Å²) in [5, 5.41) is 21.6. The second-order valence-electron chi connectivity index (χ2n) is 8.33. The second-order valence-corrected chi connectivity index (χ2v) is 10.3. The molecule has 2 aromatic carbocycles. The number of hydrogen-bond acceptors (Lipinski definition) is 4. The normalized spacial score (nSPS) is 13.9. The fourth-order valence-electron chi connectivity index (χ4n) is 4.15. The SMILES string of the molecule is CN(C)Cc1c(O)c(Br)cc2c1c(C(=O)O)c(CSCCc1ccccc1)n2C1CC1. The van der Waals surface area contributed by atoms with Crippen molar-refractivity contribution in [1.29, 1.82) is 0 Å². The van der Waals surface area contributed by atoms with Crippen LogP contribution in [0, 0.1) is 0 Å². The number of phenols is 1. The summed E-state index contributed by atoms with van der Waals surface area (Å²) in [6, 6.07) is 12.6. The van der Waals surface area contributed by atoms with Gasteiger partial charge in [-0.25, -0.2) is 4.79 Å². The fourth-order valence-corrected chi connectivity index (χ4v) is 5.61. The monoisotopic (exact) mass is 502 g/mol. The van der Waals surface area contributed by atoms with Crippen molar-refractivity contribution >= 4 is 44.6 Å². The van der Waals surface area contributed by atoms with Gasteiger partial charge in [0.05, 0.1) is 15.6 Å². The maximum atomic E-state index is 12.5. The van der Waals surface area contributed by atoms with E-state index in [1.54, 1.807) is 11.8 Å². The predicted octanol–water partition coefficient (Wildman–Crippen LogP) is 5.68. The topological polar surface area (TPSA) is 65.7 Å². The Kier molecular flexibility index (Phi) is 6.65. The van der Waals surface area contributed by atoms with E-state index in [2.05, 4.69) is 32.6 Å². The number of thioether (sulfide) groups is 1. The Morgan fingerprint density at radius 1 is 1.26 bits per heavy atom. The summed E-state index contributed by atoms with van der Waals surface area (Å²) in [4.78, 5) is 14.4. The summed E-state index contributed by atoms with van der Waals surface area (Å²) in [6.45, 7) is 0.470. The second kappa shape index (κ2) is 9.27. The molecule has 0 spiro atoms. The first kappa shape index (κ1) is 22.2. The van der Waals surface area contributed by atoms with Gasteiger partial charge in [-0.05, 0) is 66.7 Å². The Bertz CT molecular complexity index is 1110. The number of carbonyl (C=O) groups is 1. The van der Waals surface area contributed by atoms with Gasteiger partial charge in [0.15, 0.2) is 0 Å². The molecule has 164 valence electrons. The molecule has 1 aliphatic carbocycles. The molecule has 0 unspecified atom stereocenters. The average Bonchev–Trinajstić information content (AvgIpc) is 3.51. The molecule has 1 saturated carbocycles. The van der Waals surface area contributed by atoms with Crippen molar-refractivity contribution in [3.8, 4) is 5.75 Å². The number of aryl methyl sites for hydroxylation is 1. The van der Waals surface area contributed by atoms with E-state index in [9.17, 15) is 15.0 Å². The molecule has 0 amide bonds. The Morgan fingerprint density at radius 2 is 1.97 bits per heavy atom. The largest absolute Gasteiger partial charge is 0.506 e. The summed E-state index contributed by atoms with van der Waals surface area (Å²) in [7, 11) is 3.84. The molecule has 1 aromatic heterocycles. The highest BCUT2D eigenvalue weighted by Gasteiger charge is 2.33. The third-order valence-electron chi connectivity index (χ3n) is 5.64. The molecule has 0 aliphatic heterocycles. The van der Waals surface area contributed by atoms with E-state index in [4.69, 9.17) is 0 Å². The van der Waals surface area contributed by atoms with Crippen LogP contribution in [0.3, 0.4) is 0 Å². The number of carboxylic acids is 1. The van der Waals surface area contributed by atoms with E-state index in [1.807, 2.05) is 43.3 Å². The van der Waals surface area contributed by atoms with Crippen molar-refractivity contribution in [1.82, 2.24) is 9.47 Å². The highest BCUT2D eigenvalue weighted by atomic mass is 79.9. The molecule has 3 aromatic rings. The lowest BCUT2D eigenvalue weighted by atomic mass is 10.0. The summed E-state index contributed by atoms with van der Waals surface area (Å²) < 4.78 is 2.83. The van der Waals surface area contributed by atoms with Gasteiger partial charge in [-0.15, -0.1) is 0 Å². The minimum absolute atomic E-state index is 0.125. The first-order valence-electron chi connectivity index (χ1n) is 10.4. The van der Waals surface area contributed by atoms with Gasteiger partial charge in [0, 0.05) is 35.0 Å². The maximum Gasteiger partial charge on any atom is 0.338 e. The number of rotatable bonds is 9. The van der Waals surface area contributed by atoms with Crippen LogP contribution in [0.5, 0.6) is 5.75 Å². The van der Waals surface area contributed by atoms with Gasteiger partial charge >= 0.3 is 5.97 Å². The quantitative estimate of drug-likeness (QED) is 0.368. The van der Waals surface area contributed by atoms with Crippen molar-refractivity contribution in [3.63, 3.8) is 0 Å². The van der Waals surface area contributed by atoms with Gasteiger partial charge in [0.25, 0.3) is 0 Å². The zero-order valence-corrected chi connectivity index (χ0v) is 20.2. The fraction of sp³-hybridized carbons (Fsp3) is 0.375. The van der Waals surface area contributed by atoms with Crippen LogP contribution in [0.25, 0.3) is 10.9 Å². The van der Waals surface area contributed by atoms with Gasteiger partial charge in [0.2, 0.25) is 0 Å². The van der Waals surface area contributed by atoms with Gasteiger partial charge < -0.3 is 19.7 Å². The number of aromatic carboxylic acids is 1. The van der Waals surface area contributed by atoms with Crippen LogP contribution in [-0.2, 0) is 18.7 Å². The highest BCUT2D eigenvalue weighted by Crippen LogP contribution is 2.46. The first-order chi connectivity index (χ1) is 14.9. The molecular formula is C24H27BrN2O3S. The van der Waals surface area contributed by atoms with Crippen molar-refractivity contribution in [3.05, 3.63) is 63.3 Å². The van der Waals surface area contributed by atoms with Gasteiger partial charge in [0.1, 0.15) is 5.75 Å². The Labute approximate surface area is 195 Å². The minimum atomic E-state index is -0.926. The number of aromatic hydroxyl groups is 1. The van der Waals surface area contributed by atoms with E-state index in [0.717, 1.165) is 36.2 Å². The van der Waals surface area contributed by atoms with Gasteiger partial charge in [-0.2, -0.15) is 11.8 Å². The Hall–Kier alpha value is -1.96. The van der Waals surface area contributed by atoms with Crippen molar-refractivity contribution in [2.24, 2.45) is 0 Å². The third kappa shape index (κ3) is 4.64. The van der Waals surface area contributed by atoms with E-state index in [1.165, 1.54) is 5.56 Å². The van der Waals surface area contributed by atoms with Gasteiger partial charge in [-0.3, -0.25) is 0 Å². The van der Waals surface area contributed by atoms with Crippen molar-refractivity contribution in [2.45, 2.75) is 37.6 Å². The van der Waals surface area contributed by atoms with Crippen LogP contribution in [0.2, 0.25) is 0 Å². The number of benzene rings is 2. The minimum Gasteiger partial charge on any atom is -0.506 e. The van der Waals surface area contributed by atoms with Crippen molar-refractivity contribution in [2.75, 3.05) is 19.8 Å². The lowest BCUT2D eigenvalue weighted by molar-refractivity contribution is 0.0697. The molecule has 1 fully saturated rings. The number of fused-ring (bicyclic) bond motifs is 1. The van der Waals surface area contributed by atoms with Crippen LogP contribution in [0.15, 0.2) is 40.9 Å². The van der Waals surface area contributed by atoms with Gasteiger partial charge in [-0.1, -0.05) is 30.3 Å². The molecule has 0 radical (unpaired) electrons. The maximum absolute atomic E-state index is 12.5. The number of phenolic OH excluding ortho intramolecular Hbond substituents is 1. The Balaban J connectivity index is 1.75. The molecule has 0 atom stereocenters. The van der Waals surface area contributed by atoms with E-state index >= 15 is 0 Å². The molecular weight excluding hydrogens is 476 g/mol. The smallest absolute Gasteiger partial charge is 0.338 e. The molecule has 1 aliphatic rings. The summed E-state index contributed by atoms with van der Waals surface area (Å²) in [5.41, 5.74) is 4.06. The summed E-state index contributed by atoms with van der Waals surface area (Å²) in [6.07, 6.45) is 3.08. The molecule has 1 heterocycles. The number of aromatic nitrogens is 1. The lowest BCUT2D eigenvalue weighted by Crippen LogP contribution is -2.12. The number of nitrogens with zero attached hydrogens (tertiary/aromatic N) is 2. The van der Waals surface area contributed by atoms with Crippen LogP contribution >= 0.6 is 27.7 Å². The van der Waals surface area contributed by atoms with Crippen LogP contribution in [-0.4, -0.2) is 45.5 Å². The van der Waals surface area contributed by atoms with Crippen LogP contribution in [0.1, 0.15) is 46.1 Å². The molecule has 0 bridgehead atoms. The van der Waals surface area contributed by atoms with E-state index in [-0.39, 0.29) is 5.75 Å². The number of hydrogen-bond donors (Lipinski definition) is 2. The average molecular weight is 503 g/mol. The molecule has 7 heteroatoms. The van der Waals surface area contributed by atoms with Crippen LogP contribution < -0.4 is 0 Å². The molecule has 0 saturated heterocycles. The standard InChI is InChI=1S/C24H27BrN2O3S/c1-26(2)13-17-21-19(12-18(25)23(17)28)27(16-8-9-16)20(22(21)24(29)30)14-31-11-10-15-6-4-3-5-7-15/h3-7,12,16,28H,8-11,13-14H2,1-2H3,(H,29,30). The zero-order valence-electron chi connectivity index (χ0n) is 17.8. The third-order valence-corrected chi connectivity index (χ3v) is 7.21. The predicted molar refractivity (Wildman–Crippen MR) is 130 cm³/mol.